The van der Waals surface area contributed by atoms with E-state index < -0.39 is 0 Å². The van der Waals surface area contributed by atoms with Gasteiger partial charge in [-0.15, -0.1) is 0 Å². The Bertz CT molecular complexity index is 289. The Morgan fingerprint density at radius 1 is 1.31 bits per heavy atom. The van der Waals surface area contributed by atoms with Gasteiger partial charge in [-0.05, 0) is 24.9 Å². The van der Waals surface area contributed by atoms with E-state index in [1.807, 2.05) is 17.9 Å². The third-order valence-electron chi connectivity index (χ3n) is 3.19. The van der Waals surface area contributed by atoms with Crippen molar-refractivity contribution in [1.82, 2.24) is 15.1 Å². The lowest BCUT2D eigenvalue weighted by Gasteiger charge is -2.24. The first kappa shape index (κ1) is 13.2. The van der Waals surface area contributed by atoms with Crippen LogP contribution in [-0.2, 0) is 7.05 Å². The average molecular weight is 223 g/mol. The molecule has 1 atom stereocenters. The molecule has 1 aromatic heterocycles. The molecule has 3 heteroatoms. The quantitative estimate of drug-likeness (QED) is 0.770. The normalized spacial score (nSPS) is 13.3. The van der Waals surface area contributed by atoms with Gasteiger partial charge in [0.2, 0.25) is 0 Å². The lowest BCUT2D eigenvalue weighted by Crippen LogP contribution is -2.29. The van der Waals surface area contributed by atoms with Gasteiger partial charge in [0.25, 0.3) is 0 Å². The average Bonchev–Trinajstić information content (AvgIpc) is 2.71. The van der Waals surface area contributed by atoms with E-state index in [-0.39, 0.29) is 0 Å². The van der Waals surface area contributed by atoms with Gasteiger partial charge in [0.15, 0.2) is 0 Å². The van der Waals surface area contributed by atoms with Gasteiger partial charge >= 0.3 is 0 Å². The smallest absolute Gasteiger partial charge is 0.0796 e. The zero-order valence-electron chi connectivity index (χ0n) is 11.0. The zero-order chi connectivity index (χ0) is 12.0. The Balaban J connectivity index is 2.77. The molecule has 0 amide bonds. The van der Waals surface area contributed by atoms with Gasteiger partial charge in [0.05, 0.1) is 11.7 Å². The van der Waals surface area contributed by atoms with E-state index in [9.17, 15) is 0 Å². The van der Waals surface area contributed by atoms with Crippen molar-refractivity contribution in [2.24, 2.45) is 13.0 Å². The molecule has 1 aromatic rings. The summed E-state index contributed by atoms with van der Waals surface area (Å²) in [6.45, 7) is 7.79. The van der Waals surface area contributed by atoms with E-state index in [0.717, 1.165) is 6.54 Å². The van der Waals surface area contributed by atoms with E-state index in [0.29, 0.717) is 12.0 Å². The predicted molar refractivity (Wildman–Crippen MR) is 68.3 cm³/mol. The molecule has 0 saturated heterocycles. The highest BCUT2D eigenvalue weighted by Gasteiger charge is 2.21. The Hall–Kier alpha value is -0.830. The Morgan fingerprint density at radius 3 is 2.44 bits per heavy atom. The Morgan fingerprint density at radius 2 is 2.00 bits per heavy atom. The summed E-state index contributed by atoms with van der Waals surface area (Å²) in [6, 6.07) is 2.54. The van der Waals surface area contributed by atoms with Gasteiger partial charge in [-0.25, -0.2) is 0 Å². The SMILES string of the molecule is CCCNC(c1ccn(C)n1)C(CC)CC. The maximum atomic E-state index is 4.53. The highest BCUT2D eigenvalue weighted by molar-refractivity contribution is 5.07. The molecule has 0 aliphatic rings. The van der Waals surface area contributed by atoms with Crippen molar-refractivity contribution in [3.8, 4) is 0 Å². The number of hydrogen-bond donors (Lipinski definition) is 1. The van der Waals surface area contributed by atoms with Crippen molar-refractivity contribution in [2.75, 3.05) is 6.54 Å². The molecule has 1 heterocycles. The monoisotopic (exact) mass is 223 g/mol. The number of rotatable bonds is 7. The molecule has 0 radical (unpaired) electrons. The maximum Gasteiger partial charge on any atom is 0.0796 e. The van der Waals surface area contributed by atoms with Crippen LogP contribution in [0.4, 0.5) is 0 Å². The van der Waals surface area contributed by atoms with Crippen LogP contribution < -0.4 is 5.32 Å². The van der Waals surface area contributed by atoms with Gasteiger partial charge in [-0.2, -0.15) is 5.10 Å². The second-order valence-corrected chi connectivity index (χ2v) is 4.42. The molecule has 0 aliphatic heterocycles. The summed E-state index contributed by atoms with van der Waals surface area (Å²) < 4.78 is 1.89. The van der Waals surface area contributed by atoms with Crippen LogP contribution in [0.15, 0.2) is 12.3 Å². The van der Waals surface area contributed by atoms with Gasteiger partial charge < -0.3 is 5.32 Å². The Labute approximate surface area is 99.2 Å². The van der Waals surface area contributed by atoms with Crippen LogP contribution >= 0.6 is 0 Å². The molecule has 0 bridgehead atoms. The van der Waals surface area contributed by atoms with Crippen molar-refractivity contribution in [2.45, 2.75) is 46.1 Å². The van der Waals surface area contributed by atoms with Crippen LogP contribution in [0.25, 0.3) is 0 Å². The first-order valence-electron chi connectivity index (χ1n) is 6.45. The van der Waals surface area contributed by atoms with Crippen molar-refractivity contribution in [1.29, 1.82) is 0 Å². The van der Waals surface area contributed by atoms with Gasteiger partial charge in [0.1, 0.15) is 0 Å². The second-order valence-electron chi connectivity index (χ2n) is 4.42. The second kappa shape index (κ2) is 6.69. The minimum absolute atomic E-state index is 0.413. The van der Waals surface area contributed by atoms with E-state index in [1.165, 1.54) is 25.0 Å². The van der Waals surface area contributed by atoms with Gasteiger partial charge in [-0.1, -0.05) is 33.6 Å². The fourth-order valence-electron chi connectivity index (χ4n) is 2.17. The first-order valence-corrected chi connectivity index (χ1v) is 6.45. The zero-order valence-corrected chi connectivity index (χ0v) is 11.0. The molecule has 1 N–H and O–H groups in total. The molecule has 92 valence electrons. The van der Waals surface area contributed by atoms with E-state index in [1.54, 1.807) is 0 Å². The molecule has 0 aliphatic carbocycles. The molecule has 0 saturated carbocycles. The topological polar surface area (TPSA) is 29.9 Å². The van der Waals surface area contributed by atoms with Gasteiger partial charge in [-0.3, -0.25) is 4.68 Å². The standard InChI is InChI=1S/C13H25N3/c1-5-9-14-13(11(6-2)7-3)12-8-10-16(4)15-12/h8,10-11,13-14H,5-7,9H2,1-4H3. The predicted octanol–water partition coefficient (Wildman–Crippen LogP) is 2.90. The first-order chi connectivity index (χ1) is 7.72. The minimum Gasteiger partial charge on any atom is -0.308 e. The van der Waals surface area contributed by atoms with Crippen molar-refractivity contribution in [3.63, 3.8) is 0 Å². The van der Waals surface area contributed by atoms with Crippen LogP contribution in [-0.4, -0.2) is 16.3 Å². The lowest BCUT2D eigenvalue weighted by molar-refractivity contribution is 0.333. The number of aromatic nitrogens is 2. The van der Waals surface area contributed by atoms with E-state index in [4.69, 9.17) is 0 Å². The third kappa shape index (κ3) is 3.34. The van der Waals surface area contributed by atoms with Crippen molar-refractivity contribution >= 4 is 0 Å². The van der Waals surface area contributed by atoms with Crippen LogP contribution in [0.1, 0.15) is 51.8 Å². The summed E-state index contributed by atoms with van der Waals surface area (Å²) in [5.41, 5.74) is 1.18. The number of aryl methyl sites for hydroxylation is 1. The largest absolute Gasteiger partial charge is 0.308 e. The highest BCUT2D eigenvalue weighted by Crippen LogP contribution is 2.25. The highest BCUT2D eigenvalue weighted by atomic mass is 15.3. The summed E-state index contributed by atoms with van der Waals surface area (Å²) >= 11 is 0. The molecular formula is C13H25N3. The fourth-order valence-corrected chi connectivity index (χ4v) is 2.17. The van der Waals surface area contributed by atoms with E-state index in [2.05, 4.69) is 37.3 Å². The van der Waals surface area contributed by atoms with Crippen molar-refractivity contribution < 1.29 is 0 Å². The molecule has 0 fully saturated rings. The van der Waals surface area contributed by atoms with Crippen LogP contribution in [0.2, 0.25) is 0 Å². The van der Waals surface area contributed by atoms with Crippen LogP contribution in [0.5, 0.6) is 0 Å². The molecule has 16 heavy (non-hydrogen) atoms. The lowest BCUT2D eigenvalue weighted by atomic mass is 9.92. The van der Waals surface area contributed by atoms with Gasteiger partial charge in [0, 0.05) is 13.2 Å². The summed E-state index contributed by atoms with van der Waals surface area (Å²) in [7, 11) is 1.98. The maximum absolute atomic E-state index is 4.53. The molecule has 0 spiro atoms. The summed E-state index contributed by atoms with van der Waals surface area (Å²) in [6.07, 6.45) is 5.60. The number of nitrogens with zero attached hydrogens (tertiary/aromatic N) is 2. The fraction of sp³-hybridized carbons (Fsp3) is 0.769. The summed E-state index contributed by atoms with van der Waals surface area (Å²) in [5.74, 6) is 0.682. The molecular weight excluding hydrogens is 198 g/mol. The summed E-state index contributed by atoms with van der Waals surface area (Å²) in [4.78, 5) is 0. The molecule has 3 nitrogen and oxygen atoms in total. The molecule has 0 aromatic carbocycles. The third-order valence-corrected chi connectivity index (χ3v) is 3.19. The summed E-state index contributed by atoms with van der Waals surface area (Å²) in [5, 5.41) is 8.16. The van der Waals surface area contributed by atoms with Crippen LogP contribution in [0, 0.1) is 5.92 Å². The number of nitrogens with one attached hydrogen (secondary N) is 1. The van der Waals surface area contributed by atoms with E-state index >= 15 is 0 Å². The minimum atomic E-state index is 0.413. The van der Waals surface area contributed by atoms with Crippen molar-refractivity contribution in [3.05, 3.63) is 18.0 Å². The number of hydrogen-bond acceptors (Lipinski definition) is 2. The van der Waals surface area contributed by atoms with Crippen LogP contribution in [0.3, 0.4) is 0 Å². The Kier molecular flexibility index (Phi) is 5.53. The molecule has 1 unspecified atom stereocenters. The molecule has 1 rings (SSSR count).